The van der Waals surface area contributed by atoms with Gasteiger partial charge in [-0.2, -0.15) is 18.4 Å². The maximum atomic E-state index is 13.1. The lowest BCUT2D eigenvalue weighted by Crippen LogP contribution is -2.24. The Morgan fingerprint density at radius 2 is 1.94 bits per heavy atom. The first kappa shape index (κ1) is 25.8. The lowest BCUT2D eigenvalue weighted by atomic mass is 9.98. The van der Waals surface area contributed by atoms with Crippen LogP contribution in [0.25, 0.3) is 11.1 Å². The summed E-state index contributed by atoms with van der Waals surface area (Å²) in [5.74, 6) is 0.0275. The Labute approximate surface area is 203 Å². The third-order valence-electron chi connectivity index (χ3n) is 4.90. The molecule has 0 saturated carbocycles. The molecule has 1 aromatic heterocycles. The smallest absolute Gasteiger partial charge is 0.433 e. The minimum atomic E-state index is -4.74. The van der Waals surface area contributed by atoms with E-state index in [1.807, 2.05) is 0 Å². The van der Waals surface area contributed by atoms with Crippen LogP contribution in [-0.4, -0.2) is 36.3 Å². The quantitative estimate of drug-likeness (QED) is 0.463. The van der Waals surface area contributed by atoms with Gasteiger partial charge in [0.1, 0.15) is 23.8 Å². The Morgan fingerprint density at radius 3 is 2.60 bits per heavy atom. The molecule has 0 saturated heterocycles. The number of halogens is 4. The average Bonchev–Trinajstić information content (AvgIpc) is 2.85. The maximum absolute atomic E-state index is 13.1. The van der Waals surface area contributed by atoms with Gasteiger partial charge >= 0.3 is 6.18 Å². The summed E-state index contributed by atoms with van der Waals surface area (Å²) in [6.45, 7) is -0.359. The number of aliphatic hydroxyl groups excluding tert-OH is 1. The highest BCUT2D eigenvalue weighted by atomic mass is 35.5. The largest absolute Gasteiger partial charge is 0.496 e. The number of para-hydroxylation sites is 1. The molecule has 1 amide bonds. The van der Waals surface area contributed by atoms with Crippen LogP contribution in [0.3, 0.4) is 0 Å². The molecule has 0 radical (unpaired) electrons. The van der Waals surface area contributed by atoms with Gasteiger partial charge in [-0.15, -0.1) is 0 Å². The summed E-state index contributed by atoms with van der Waals surface area (Å²) < 4.78 is 49.8. The molecule has 3 aromatic rings. The number of amides is 1. The zero-order chi connectivity index (χ0) is 25.6. The van der Waals surface area contributed by atoms with E-state index in [-0.39, 0.29) is 52.8 Å². The molecule has 0 aliphatic carbocycles. The van der Waals surface area contributed by atoms with Gasteiger partial charge in [0, 0.05) is 35.5 Å². The molecule has 0 atom stereocenters. The van der Waals surface area contributed by atoms with Gasteiger partial charge in [0.2, 0.25) is 0 Å². The number of benzene rings is 2. The fourth-order valence-corrected chi connectivity index (χ4v) is 3.51. The summed E-state index contributed by atoms with van der Waals surface area (Å²) in [6.07, 6.45) is -3.85. The Hall–Kier alpha value is -3.81. The van der Waals surface area contributed by atoms with Gasteiger partial charge in [-0.3, -0.25) is 9.78 Å². The van der Waals surface area contributed by atoms with Gasteiger partial charge in [-0.05, 0) is 18.2 Å². The molecule has 7 nitrogen and oxygen atoms in total. The standard InChI is InChI=1S/C24H19ClF3N3O4/c1-34-20-5-3-2-4-14(20)12-31-23(33)17-9-16(19(25)10-21(17)35-7-6-32)18-13-30-22(24(26,27)28)8-15(18)11-29/h2-5,8-10,13,32H,6-7,12H2,1H3,(H,31,33). The Balaban J connectivity index is 2.03. The van der Waals surface area contributed by atoms with E-state index in [4.69, 9.17) is 26.2 Å². The molecule has 182 valence electrons. The molecule has 11 heteroatoms. The minimum Gasteiger partial charge on any atom is -0.496 e. The van der Waals surface area contributed by atoms with Crippen LogP contribution < -0.4 is 14.8 Å². The van der Waals surface area contributed by atoms with E-state index in [1.54, 1.807) is 30.3 Å². The minimum absolute atomic E-state index is 0.00321. The van der Waals surface area contributed by atoms with Crippen molar-refractivity contribution in [3.05, 3.63) is 76.1 Å². The van der Waals surface area contributed by atoms with Crippen molar-refractivity contribution in [2.45, 2.75) is 12.7 Å². The van der Waals surface area contributed by atoms with Crippen molar-refractivity contribution in [1.82, 2.24) is 10.3 Å². The molecule has 0 aliphatic heterocycles. The van der Waals surface area contributed by atoms with Crippen molar-refractivity contribution in [3.63, 3.8) is 0 Å². The van der Waals surface area contributed by atoms with Gasteiger partial charge < -0.3 is 19.9 Å². The van der Waals surface area contributed by atoms with Crippen molar-refractivity contribution in [1.29, 1.82) is 5.26 Å². The normalized spacial score (nSPS) is 11.0. The zero-order valence-corrected chi connectivity index (χ0v) is 19.1. The highest BCUT2D eigenvalue weighted by Gasteiger charge is 2.33. The molecule has 3 rings (SSSR count). The van der Waals surface area contributed by atoms with E-state index in [1.165, 1.54) is 19.2 Å². The number of pyridine rings is 1. The van der Waals surface area contributed by atoms with Crippen LogP contribution in [0.1, 0.15) is 27.2 Å². The van der Waals surface area contributed by atoms with Crippen LogP contribution in [0.4, 0.5) is 13.2 Å². The van der Waals surface area contributed by atoms with Crippen LogP contribution in [0, 0.1) is 11.3 Å². The number of nitrogens with one attached hydrogen (secondary N) is 1. The molecule has 0 aliphatic rings. The van der Waals surface area contributed by atoms with Crippen LogP contribution in [-0.2, 0) is 12.7 Å². The SMILES string of the molecule is COc1ccccc1CNC(=O)c1cc(-c2cnc(C(F)(F)F)cc2C#N)c(Cl)cc1OCCO. The van der Waals surface area contributed by atoms with E-state index in [9.17, 15) is 23.2 Å². The number of nitriles is 1. The Kier molecular flexibility index (Phi) is 8.17. The molecule has 0 fully saturated rings. The lowest BCUT2D eigenvalue weighted by Gasteiger charge is -2.16. The van der Waals surface area contributed by atoms with Crippen molar-refractivity contribution >= 4 is 17.5 Å². The topological polar surface area (TPSA) is 104 Å². The molecule has 2 aromatic carbocycles. The van der Waals surface area contributed by atoms with Gasteiger partial charge in [0.15, 0.2) is 0 Å². The van der Waals surface area contributed by atoms with Crippen molar-refractivity contribution in [2.75, 3.05) is 20.3 Å². The summed E-state index contributed by atoms with van der Waals surface area (Å²) in [7, 11) is 1.50. The van der Waals surface area contributed by atoms with Crippen molar-refractivity contribution in [3.8, 4) is 28.7 Å². The molecular weight excluding hydrogens is 487 g/mol. The molecule has 0 unspecified atom stereocenters. The number of carbonyl (C=O) groups excluding carboxylic acids is 1. The predicted molar refractivity (Wildman–Crippen MR) is 121 cm³/mol. The van der Waals surface area contributed by atoms with E-state index < -0.39 is 17.8 Å². The number of hydrogen-bond donors (Lipinski definition) is 2. The number of aliphatic hydroxyl groups is 1. The van der Waals surface area contributed by atoms with E-state index in [0.29, 0.717) is 17.4 Å². The monoisotopic (exact) mass is 505 g/mol. The van der Waals surface area contributed by atoms with E-state index in [2.05, 4.69) is 10.3 Å². The summed E-state index contributed by atoms with van der Waals surface area (Å²) in [5.41, 5.74) is -0.725. The number of carbonyl (C=O) groups is 1. The van der Waals surface area contributed by atoms with Gasteiger partial charge in [-0.25, -0.2) is 0 Å². The average molecular weight is 506 g/mol. The summed E-state index contributed by atoms with van der Waals surface area (Å²) >= 11 is 6.34. The van der Waals surface area contributed by atoms with Crippen LogP contribution >= 0.6 is 11.6 Å². The first-order valence-corrected chi connectivity index (χ1v) is 10.5. The number of rotatable bonds is 8. The van der Waals surface area contributed by atoms with Gasteiger partial charge in [0.05, 0.1) is 35.9 Å². The lowest BCUT2D eigenvalue weighted by molar-refractivity contribution is -0.141. The molecule has 0 bridgehead atoms. The highest BCUT2D eigenvalue weighted by Crippen LogP contribution is 2.37. The molecule has 2 N–H and O–H groups in total. The summed E-state index contributed by atoms with van der Waals surface area (Å²) in [6, 6.07) is 12.0. The second-order valence-electron chi connectivity index (χ2n) is 7.12. The molecule has 35 heavy (non-hydrogen) atoms. The van der Waals surface area contributed by atoms with Gasteiger partial charge in [0.25, 0.3) is 5.91 Å². The predicted octanol–water partition coefficient (Wildman–Crippen LogP) is 4.60. The Bertz CT molecular complexity index is 1280. The maximum Gasteiger partial charge on any atom is 0.433 e. The fourth-order valence-electron chi connectivity index (χ4n) is 3.25. The van der Waals surface area contributed by atoms with Crippen LogP contribution in [0.2, 0.25) is 5.02 Å². The number of hydrogen-bond acceptors (Lipinski definition) is 6. The third kappa shape index (κ3) is 6.01. The van der Waals surface area contributed by atoms with Crippen LogP contribution in [0.15, 0.2) is 48.7 Å². The first-order valence-electron chi connectivity index (χ1n) is 10.1. The number of nitrogens with zero attached hydrogens (tertiary/aromatic N) is 2. The van der Waals surface area contributed by atoms with Crippen molar-refractivity contribution < 1.29 is 32.5 Å². The first-order chi connectivity index (χ1) is 16.7. The number of alkyl halides is 3. The fraction of sp³-hybridized carbons (Fsp3) is 0.208. The number of methoxy groups -OCH3 is 1. The summed E-state index contributed by atoms with van der Waals surface area (Å²) in [5, 5.41) is 21.3. The van der Waals surface area contributed by atoms with Crippen molar-refractivity contribution in [2.24, 2.45) is 0 Å². The van der Waals surface area contributed by atoms with Crippen LogP contribution in [0.5, 0.6) is 11.5 Å². The second kappa shape index (κ2) is 11.1. The second-order valence-corrected chi connectivity index (χ2v) is 7.53. The third-order valence-corrected chi connectivity index (χ3v) is 5.21. The molecule has 1 heterocycles. The highest BCUT2D eigenvalue weighted by molar-refractivity contribution is 6.33. The van der Waals surface area contributed by atoms with Gasteiger partial charge in [-0.1, -0.05) is 29.8 Å². The zero-order valence-electron chi connectivity index (χ0n) is 18.3. The number of ether oxygens (including phenoxy) is 2. The van der Waals surface area contributed by atoms with E-state index >= 15 is 0 Å². The van der Waals surface area contributed by atoms with E-state index in [0.717, 1.165) is 6.20 Å². The Morgan fingerprint density at radius 1 is 1.20 bits per heavy atom. The number of aromatic nitrogens is 1. The summed E-state index contributed by atoms with van der Waals surface area (Å²) in [4.78, 5) is 16.5. The molecular formula is C24H19ClF3N3O4. The molecule has 0 spiro atoms.